The van der Waals surface area contributed by atoms with E-state index in [0.717, 1.165) is 31.8 Å². The molecule has 8 rings (SSSR count). The first-order valence-electron chi connectivity index (χ1n) is 13.7. The predicted octanol–water partition coefficient (Wildman–Crippen LogP) is 5.36. The average Bonchev–Trinajstić information content (AvgIpc) is 3.48. The molecule has 0 saturated carbocycles. The third-order valence-corrected chi connectivity index (χ3v) is 7.67. The number of hydrogen-bond donors (Lipinski definition) is 0. The highest BCUT2D eigenvalue weighted by Crippen LogP contribution is 2.33. The Bertz CT molecular complexity index is 2080. The summed E-state index contributed by atoms with van der Waals surface area (Å²) in [6.45, 7) is 0. The van der Waals surface area contributed by atoms with E-state index in [1.54, 1.807) is 66.9 Å². The smallest absolute Gasteiger partial charge is 0.268 e. The Balaban J connectivity index is 1.30. The Hall–Kier alpha value is -6.42. The molecule has 10 heteroatoms. The van der Waals surface area contributed by atoms with Gasteiger partial charge in [-0.05, 0) is 41.8 Å². The molecule has 0 atom stereocenters. The maximum atomic E-state index is 13.4. The molecule has 0 saturated heterocycles. The molecular formula is C34H18N6O4. The molecule has 208 valence electrons. The highest BCUT2D eigenvalue weighted by molar-refractivity contribution is 6.35. The average molecular weight is 575 g/mol. The Labute approximate surface area is 249 Å². The molecule has 10 nitrogen and oxygen atoms in total. The zero-order valence-electron chi connectivity index (χ0n) is 22.7. The molecule has 0 bridgehead atoms. The van der Waals surface area contributed by atoms with Crippen LogP contribution in [0.2, 0.25) is 0 Å². The molecule has 0 unspecified atom stereocenters. The van der Waals surface area contributed by atoms with E-state index in [9.17, 15) is 19.2 Å². The highest BCUT2D eigenvalue weighted by Gasteiger charge is 2.42. The Morgan fingerprint density at radius 1 is 0.477 bits per heavy atom. The number of benzene rings is 4. The molecule has 0 radical (unpaired) electrons. The molecule has 44 heavy (non-hydrogen) atoms. The summed E-state index contributed by atoms with van der Waals surface area (Å²) < 4.78 is 0. The summed E-state index contributed by atoms with van der Waals surface area (Å²) in [7, 11) is 0. The quantitative estimate of drug-likeness (QED) is 0.258. The minimum Gasteiger partial charge on any atom is -0.268 e. The number of fused-ring (bicyclic) bond motifs is 3. The van der Waals surface area contributed by atoms with Gasteiger partial charge >= 0.3 is 0 Å². The van der Waals surface area contributed by atoms with E-state index >= 15 is 0 Å². The molecule has 4 aromatic carbocycles. The van der Waals surface area contributed by atoms with Gasteiger partial charge in [0.25, 0.3) is 23.6 Å². The third-order valence-electron chi connectivity index (χ3n) is 7.67. The zero-order valence-corrected chi connectivity index (χ0v) is 22.7. The lowest BCUT2D eigenvalue weighted by atomic mass is 10.0. The lowest BCUT2D eigenvalue weighted by Crippen LogP contribution is -2.35. The van der Waals surface area contributed by atoms with Crippen molar-refractivity contribution in [2.24, 2.45) is 0 Å². The van der Waals surface area contributed by atoms with Gasteiger partial charge in [-0.15, -0.1) is 0 Å². The van der Waals surface area contributed by atoms with Crippen molar-refractivity contribution in [1.29, 1.82) is 0 Å². The van der Waals surface area contributed by atoms with Crippen LogP contribution < -0.4 is 9.80 Å². The zero-order chi connectivity index (χ0) is 29.9. The first kappa shape index (κ1) is 25.3. The van der Waals surface area contributed by atoms with Crippen LogP contribution in [0.25, 0.3) is 33.4 Å². The van der Waals surface area contributed by atoms with Gasteiger partial charge in [0.2, 0.25) is 11.9 Å². The SMILES string of the molecule is O=C1c2ccccc2C(=O)N1c1nc(-c2cccc(-c3nccc4ccccc34)c2)nc(N2C(=O)c3ccccc3C2=O)n1. The fourth-order valence-corrected chi connectivity index (χ4v) is 5.58. The Morgan fingerprint density at radius 3 is 1.55 bits per heavy atom. The van der Waals surface area contributed by atoms with Crippen molar-refractivity contribution < 1.29 is 19.2 Å². The van der Waals surface area contributed by atoms with Crippen LogP contribution in [-0.4, -0.2) is 43.6 Å². The van der Waals surface area contributed by atoms with Gasteiger partial charge in [-0.2, -0.15) is 15.0 Å². The summed E-state index contributed by atoms with van der Waals surface area (Å²) in [5, 5.41) is 1.96. The summed E-state index contributed by atoms with van der Waals surface area (Å²) in [6.07, 6.45) is 1.73. The van der Waals surface area contributed by atoms with Crippen molar-refractivity contribution in [3.8, 4) is 22.6 Å². The van der Waals surface area contributed by atoms with Crippen molar-refractivity contribution in [3.05, 3.63) is 132 Å². The van der Waals surface area contributed by atoms with Gasteiger partial charge in [0.1, 0.15) is 0 Å². The number of carbonyl (C=O) groups is 4. The second-order valence-electron chi connectivity index (χ2n) is 10.2. The fraction of sp³-hybridized carbons (Fsp3) is 0. The largest absolute Gasteiger partial charge is 0.268 e. The fourth-order valence-electron chi connectivity index (χ4n) is 5.58. The molecule has 2 aliphatic heterocycles. The van der Waals surface area contributed by atoms with Crippen LogP contribution in [0.4, 0.5) is 11.9 Å². The molecule has 0 N–H and O–H groups in total. The topological polar surface area (TPSA) is 126 Å². The number of carbonyl (C=O) groups excluding carboxylic acids is 4. The van der Waals surface area contributed by atoms with E-state index in [1.807, 2.05) is 42.5 Å². The molecule has 4 heterocycles. The van der Waals surface area contributed by atoms with E-state index < -0.39 is 23.6 Å². The van der Waals surface area contributed by atoms with E-state index in [2.05, 4.69) is 19.9 Å². The van der Waals surface area contributed by atoms with Crippen molar-refractivity contribution in [2.45, 2.75) is 0 Å². The molecule has 0 aliphatic carbocycles. The summed E-state index contributed by atoms with van der Waals surface area (Å²) in [6, 6.07) is 29.9. The molecule has 6 aromatic rings. The number of nitrogens with zero attached hydrogens (tertiary/aromatic N) is 6. The van der Waals surface area contributed by atoms with E-state index in [1.165, 1.54) is 0 Å². The molecule has 2 aromatic heterocycles. The van der Waals surface area contributed by atoms with E-state index in [4.69, 9.17) is 0 Å². The molecule has 0 fully saturated rings. The van der Waals surface area contributed by atoms with Crippen LogP contribution in [0.1, 0.15) is 41.4 Å². The Morgan fingerprint density at radius 2 is 0.977 bits per heavy atom. The van der Waals surface area contributed by atoms with Crippen LogP contribution in [-0.2, 0) is 0 Å². The van der Waals surface area contributed by atoms with Crippen LogP contribution >= 0.6 is 0 Å². The third kappa shape index (κ3) is 3.75. The molecule has 2 aliphatic rings. The van der Waals surface area contributed by atoms with Crippen LogP contribution in [0.5, 0.6) is 0 Å². The van der Waals surface area contributed by atoms with E-state index in [-0.39, 0.29) is 40.0 Å². The first-order valence-corrected chi connectivity index (χ1v) is 13.7. The second-order valence-corrected chi connectivity index (χ2v) is 10.2. The lowest BCUT2D eigenvalue weighted by molar-refractivity contribution is 0.0911. The van der Waals surface area contributed by atoms with Crippen LogP contribution in [0, 0.1) is 0 Å². The van der Waals surface area contributed by atoms with Gasteiger partial charge in [-0.3, -0.25) is 24.2 Å². The monoisotopic (exact) mass is 574 g/mol. The van der Waals surface area contributed by atoms with Gasteiger partial charge in [0, 0.05) is 22.7 Å². The number of aromatic nitrogens is 4. The number of rotatable bonds is 4. The number of amides is 4. The van der Waals surface area contributed by atoms with Gasteiger partial charge in [-0.1, -0.05) is 66.7 Å². The van der Waals surface area contributed by atoms with Crippen LogP contribution in [0.3, 0.4) is 0 Å². The van der Waals surface area contributed by atoms with Crippen molar-refractivity contribution in [3.63, 3.8) is 0 Å². The normalized spacial score (nSPS) is 14.0. The Kier molecular flexibility index (Phi) is 5.50. The minimum absolute atomic E-state index is 0.0557. The summed E-state index contributed by atoms with van der Waals surface area (Å²) >= 11 is 0. The maximum Gasteiger partial charge on any atom is 0.268 e. The van der Waals surface area contributed by atoms with Gasteiger partial charge < -0.3 is 0 Å². The number of imide groups is 2. The van der Waals surface area contributed by atoms with Crippen molar-refractivity contribution >= 4 is 46.3 Å². The van der Waals surface area contributed by atoms with Crippen LogP contribution in [0.15, 0.2) is 109 Å². The lowest BCUT2D eigenvalue weighted by Gasteiger charge is -2.17. The minimum atomic E-state index is -0.621. The van der Waals surface area contributed by atoms with E-state index in [0.29, 0.717) is 5.56 Å². The number of hydrogen-bond acceptors (Lipinski definition) is 8. The summed E-state index contributed by atoms with van der Waals surface area (Å²) in [5.74, 6) is -3.04. The van der Waals surface area contributed by atoms with Gasteiger partial charge in [-0.25, -0.2) is 9.80 Å². The predicted molar refractivity (Wildman–Crippen MR) is 161 cm³/mol. The van der Waals surface area contributed by atoms with Gasteiger partial charge in [0.05, 0.1) is 27.9 Å². The first-order chi connectivity index (χ1) is 21.5. The summed E-state index contributed by atoms with van der Waals surface area (Å²) in [4.78, 5) is 73.3. The standard InChI is InChI=1S/C34H18N6O4/c41-29-23-12-3-4-13-24(23)30(42)39(29)33-36-28(37-34(38-33)40-31(43)25-14-5-6-15-26(25)32(40)44)21-10-7-9-20(18-21)27-22-11-2-1-8-19(22)16-17-35-27/h1-18H. The number of anilines is 2. The van der Waals surface area contributed by atoms with Crippen molar-refractivity contribution in [1.82, 2.24) is 19.9 Å². The number of pyridine rings is 1. The summed E-state index contributed by atoms with van der Waals surface area (Å²) in [5.41, 5.74) is 2.80. The maximum absolute atomic E-state index is 13.4. The second kappa shape index (κ2) is 9.57. The molecule has 0 spiro atoms. The van der Waals surface area contributed by atoms with Crippen molar-refractivity contribution in [2.75, 3.05) is 9.80 Å². The highest BCUT2D eigenvalue weighted by atomic mass is 16.2. The van der Waals surface area contributed by atoms with Gasteiger partial charge in [0.15, 0.2) is 5.82 Å². The molecule has 4 amide bonds. The molecular weight excluding hydrogens is 556 g/mol.